The number of rotatable bonds is 6. The fourth-order valence-corrected chi connectivity index (χ4v) is 3.16. The highest BCUT2D eigenvalue weighted by Gasteiger charge is 2.21. The molecule has 0 spiro atoms. The lowest BCUT2D eigenvalue weighted by Gasteiger charge is -2.23. The van der Waals surface area contributed by atoms with E-state index in [0.29, 0.717) is 12.1 Å². The minimum atomic E-state index is -0.284. The molecule has 27 heavy (non-hydrogen) atoms. The molecule has 0 unspecified atom stereocenters. The molecule has 1 atom stereocenters. The number of amides is 1. The van der Waals surface area contributed by atoms with Gasteiger partial charge in [-0.2, -0.15) is 0 Å². The molecule has 1 aromatic heterocycles. The van der Waals surface area contributed by atoms with Gasteiger partial charge < -0.3 is 9.88 Å². The van der Waals surface area contributed by atoms with E-state index in [1.807, 2.05) is 55.8 Å². The standard InChI is InChI=1S/C22H24FN3O/c1-15(2)21(17-8-10-19(23)11-9-17)25-22(27)20-7-5-4-6-18(20)14-26-13-12-24-16(26)3/h4-13,15,21H,14H2,1-3H3,(H,25,27)/t21-/m0/s1. The van der Waals surface area contributed by atoms with E-state index in [2.05, 4.69) is 10.3 Å². The number of hydrogen-bond donors (Lipinski definition) is 1. The Morgan fingerprint density at radius 2 is 1.85 bits per heavy atom. The van der Waals surface area contributed by atoms with Crippen LogP contribution < -0.4 is 5.32 Å². The molecule has 1 N–H and O–H groups in total. The fourth-order valence-electron chi connectivity index (χ4n) is 3.16. The van der Waals surface area contributed by atoms with Crippen molar-refractivity contribution in [3.63, 3.8) is 0 Å². The summed E-state index contributed by atoms with van der Waals surface area (Å²) >= 11 is 0. The van der Waals surface area contributed by atoms with Gasteiger partial charge in [0.2, 0.25) is 0 Å². The summed E-state index contributed by atoms with van der Waals surface area (Å²) < 4.78 is 15.3. The van der Waals surface area contributed by atoms with Gasteiger partial charge in [0, 0.05) is 24.5 Å². The van der Waals surface area contributed by atoms with E-state index in [0.717, 1.165) is 17.0 Å². The predicted octanol–water partition coefficient (Wildman–Crippen LogP) is 4.51. The van der Waals surface area contributed by atoms with Crippen LogP contribution in [0.15, 0.2) is 60.9 Å². The molecule has 1 amide bonds. The molecule has 1 heterocycles. The molecule has 3 rings (SSSR count). The maximum Gasteiger partial charge on any atom is 0.252 e. The smallest absolute Gasteiger partial charge is 0.252 e. The van der Waals surface area contributed by atoms with Crippen LogP contribution in [-0.2, 0) is 6.54 Å². The van der Waals surface area contributed by atoms with Gasteiger partial charge in [0.25, 0.3) is 5.91 Å². The van der Waals surface area contributed by atoms with Crippen molar-refractivity contribution in [2.45, 2.75) is 33.4 Å². The number of aryl methyl sites for hydroxylation is 1. The normalized spacial score (nSPS) is 12.2. The van der Waals surface area contributed by atoms with Gasteiger partial charge in [-0.25, -0.2) is 9.37 Å². The lowest BCUT2D eigenvalue weighted by Crippen LogP contribution is -2.32. The van der Waals surface area contributed by atoms with Crippen LogP contribution in [0.2, 0.25) is 0 Å². The van der Waals surface area contributed by atoms with Crippen molar-refractivity contribution in [1.82, 2.24) is 14.9 Å². The lowest BCUT2D eigenvalue weighted by molar-refractivity contribution is 0.0924. The maximum absolute atomic E-state index is 13.2. The maximum atomic E-state index is 13.2. The topological polar surface area (TPSA) is 46.9 Å². The summed E-state index contributed by atoms with van der Waals surface area (Å²) in [4.78, 5) is 17.3. The zero-order valence-electron chi connectivity index (χ0n) is 15.8. The highest BCUT2D eigenvalue weighted by molar-refractivity contribution is 5.96. The largest absolute Gasteiger partial charge is 0.345 e. The van der Waals surface area contributed by atoms with E-state index in [9.17, 15) is 9.18 Å². The van der Waals surface area contributed by atoms with Crippen LogP contribution in [0.1, 0.15) is 47.2 Å². The van der Waals surface area contributed by atoms with E-state index in [4.69, 9.17) is 0 Å². The Labute approximate surface area is 159 Å². The van der Waals surface area contributed by atoms with Gasteiger partial charge in [0.05, 0.1) is 6.04 Å². The Bertz CT molecular complexity index is 915. The van der Waals surface area contributed by atoms with Crippen molar-refractivity contribution in [2.75, 3.05) is 0 Å². The average molecular weight is 365 g/mol. The third-order valence-electron chi connectivity index (χ3n) is 4.71. The van der Waals surface area contributed by atoms with Gasteiger partial charge in [0.1, 0.15) is 11.6 Å². The Kier molecular flexibility index (Phi) is 5.69. The van der Waals surface area contributed by atoms with Crippen LogP contribution in [0.4, 0.5) is 4.39 Å². The summed E-state index contributed by atoms with van der Waals surface area (Å²) in [6, 6.07) is 13.7. The minimum Gasteiger partial charge on any atom is -0.345 e. The van der Waals surface area contributed by atoms with Crippen LogP contribution in [0.5, 0.6) is 0 Å². The second-order valence-electron chi connectivity index (χ2n) is 7.01. The Balaban J connectivity index is 1.84. The zero-order chi connectivity index (χ0) is 19.4. The number of imidazole rings is 1. The summed E-state index contributed by atoms with van der Waals surface area (Å²) in [5, 5.41) is 3.12. The number of halogens is 1. The summed E-state index contributed by atoms with van der Waals surface area (Å²) in [7, 11) is 0. The second-order valence-corrected chi connectivity index (χ2v) is 7.01. The summed E-state index contributed by atoms with van der Waals surface area (Å²) in [5.41, 5.74) is 2.46. The molecule has 0 fully saturated rings. The first-order valence-corrected chi connectivity index (χ1v) is 9.07. The third kappa shape index (κ3) is 4.42. The first-order valence-electron chi connectivity index (χ1n) is 9.07. The lowest BCUT2D eigenvalue weighted by atomic mass is 9.95. The first-order chi connectivity index (χ1) is 13.0. The highest BCUT2D eigenvalue weighted by atomic mass is 19.1. The summed E-state index contributed by atoms with van der Waals surface area (Å²) in [5.74, 6) is 0.652. The van der Waals surface area contributed by atoms with Crippen molar-refractivity contribution in [3.8, 4) is 0 Å². The van der Waals surface area contributed by atoms with Crippen molar-refractivity contribution < 1.29 is 9.18 Å². The molecule has 4 nitrogen and oxygen atoms in total. The second kappa shape index (κ2) is 8.16. The molecule has 0 saturated heterocycles. The average Bonchev–Trinajstić information content (AvgIpc) is 3.05. The molecule has 0 aliphatic rings. The van der Waals surface area contributed by atoms with Crippen LogP contribution in [-0.4, -0.2) is 15.5 Å². The van der Waals surface area contributed by atoms with E-state index < -0.39 is 0 Å². The minimum absolute atomic E-state index is 0.133. The molecule has 3 aromatic rings. The predicted molar refractivity (Wildman–Crippen MR) is 104 cm³/mol. The third-order valence-corrected chi connectivity index (χ3v) is 4.71. The van der Waals surface area contributed by atoms with Crippen molar-refractivity contribution in [2.24, 2.45) is 5.92 Å². The molecule has 5 heteroatoms. The molecule has 0 radical (unpaired) electrons. The summed E-state index contributed by atoms with van der Waals surface area (Å²) in [6.07, 6.45) is 3.65. The van der Waals surface area contributed by atoms with Crippen molar-refractivity contribution in [1.29, 1.82) is 0 Å². The van der Waals surface area contributed by atoms with Gasteiger partial charge >= 0.3 is 0 Å². The molecular weight excluding hydrogens is 341 g/mol. The first kappa shape index (κ1) is 18.8. The van der Waals surface area contributed by atoms with Gasteiger partial charge in [-0.05, 0) is 42.2 Å². The number of hydrogen-bond acceptors (Lipinski definition) is 2. The Morgan fingerprint density at radius 3 is 2.48 bits per heavy atom. The van der Waals surface area contributed by atoms with Gasteiger partial charge in [-0.3, -0.25) is 4.79 Å². The molecule has 2 aromatic carbocycles. The van der Waals surface area contributed by atoms with Gasteiger partial charge in [0.15, 0.2) is 0 Å². The highest BCUT2D eigenvalue weighted by Crippen LogP contribution is 2.23. The Morgan fingerprint density at radius 1 is 1.15 bits per heavy atom. The molecule has 0 aliphatic heterocycles. The van der Waals surface area contributed by atoms with E-state index >= 15 is 0 Å². The summed E-state index contributed by atoms with van der Waals surface area (Å²) in [6.45, 7) is 6.59. The Hall–Kier alpha value is -2.95. The van der Waals surface area contributed by atoms with Crippen LogP contribution in [0, 0.1) is 18.7 Å². The van der Waals surface area contributed by atoms with E-state index in [-0.39, 0.29) is 23.7 Å². The van der Waals surface area contributed by atoms with Gasteiger partial charge in [-0.1, -0.05) is 44.2 Å². The number of carbonyl (C=O) groups is 1. The quantitative estimate of drug-likeness (QED) is 0.699. The van der Waals surface area contributed by atoms with Crippen molar-refractivity contribution in [3.05, 3.63) is 89.3 Å². The van der Waals surface area contributed by atoms with Crippen molar-refractivity contribution >= 4 is 5.91 Å². The molecule has 0 saturated carbocycles. The number of aromatic nitrogens is 2. The molecule has 140 valence electrons. The van der Waals surface area contributed by atoms with Crippen LogP contribution in [0.3, 0.4) is 0 Å². The number of nitrogens with zero attached hydrogens (tertiary/aromatic N) is 2. The van der Waals surface area contributed by atoms with E-state index in [1.54, 1.807) is 18.3 Å². The number of nitrogens with one attached hydrogen (secondary N) is 1. The number of carbonyl (C=O) groups excluding carboxylic acids is 1. The zero-order valence-corrected chi connectivity index (χ0v) is 15.8. The van der Waals surface area contributed by atoms with E-state index in [1.165, 1.54) is 12.1 Å². The van der Waals surface area contributed by atoms with Gasteiger partial charge in [-0.15, -0.1) is 0 Å². The van der Waals surface area contributed by atoms with Crippen LogP contribution >= 0.6 is 0 Å². The van der Waals surface area contributed by atoms with Crippen LogP contribution in [0.25, 0.3) is 0 Å². The number of benzene rings is 2. The monoisotopic (exact) mass is 365 g/mol. The molecular formula is C22H24FN3O. The molecule has 0 bridgehead atoms. The SMILES string of the molecule is Cc1nccn1Cc1ccccc1C(=O)N[C@H](c1ccc(F)cc1)C(C)C. The molecule has 0 aliphatic carbocycles. The fraction of sp³-hybridized carbons (Fsp3) is 0.273.